The number of ether oxygens (including phenoxy) is 1. The molecule has 0 atom stereocenters. The Bertz CT molecular complexity index is 572. The molecule has 0 aliphatic rings. The second kappa shape index (κ2) is 6.52. The van der Waals surface area contributed by atoms with Crippen LogP contribution >= 0.6 is 0 Å². The van der Waals surface area contributed by atoms with Gasteiger partial charge in [-0.3, -0.25) is 4.68 Å². The van der Waals surface area contributed by atoms with Gasteiger partial charge in [-0.2, -0.15) is 10.4 Å². The smallest absolute Gasteiger partial charge is 0.174 e. The summed E-state index contributed by atoms with van der Waals surface area (Å²) in [4.78, 5) is 4.13. The molecule has 0 amide bonds. The van der Waals surface area contributed by atoms with Gasteiger partial charge in [0.2, 0.25) is 0 Å². The Kier molecular flexibility index (Phi) is 4.48. The lowest BCUT2D eigenvalue weighted by atomic mass is 10.2. The molecule has 0 unspecified atom stereocenters. The van der Waals surface area contributed by atoms with Crippen LogP contribution in [-0.4, -0.2) is 21.4 Å². The molecule has 0 fully saturated rings. The highest BCUT2D eigenvalue weighted by Gasteiger charge is 2.00. The fourth-order valence-corrected chi connectivity index (χ4v) is 1.64. The molecule has 0 aliphatic carbocycles. The van der Waals surface area contributed by atoms with E-state index in [0.717, 1.165) is 11.4 Å². The lowest BCUT2D eigenvalue weighted by Gasteiger charge is -2.05. The van der Waals surface area contributed by atoms with E-state index in [1.165, 1.54) is 0 Å². The van der Waals surface area contributed by atoms with Gasteiger partial charge in [-0.1, -0.05) is 12.1 Å². The van der Waals surface area contributed by atoms with Crippen LogP contribution in [0, 0.1) is 11.3 Å². The molecule has 2 aromatic rings. The average molecular weight is 257 g/mol. The van der Waals surface area contributed by atoms with Gasteiger partial charge >= 0.3 is 0 Å². The first-order chi connectivity index (χ1) is 9.28. The fourth-order valence-electron chi connectivity index (χ4n) is 1.64. The summed E-state index contributed by atoms with van der Waals surface area (Å²) >= 11 is 0. The van der Waals surface area contributed by atoms with Crippen LogP contribution < -0.4 is 10.1 Å². The van der Waals surface area contributed by atoms with Crippen molar-refractivity contribution in [3.05, 3.63) is 42.0 Å². The molecule has 1 heterocycles. The predicted molar refractivity (Wildman–Crippen MR) is 69.1 cm³/mol. The zero-order valence-electron chi connectivity index (χ0n) is 10.7. The van der Waals surface area contributed by atoms with Crippen molar-refractivity contribution in [1.29, 1.82) is 5.26 Å². The highest BCUT2D eigenvalue weighted by Crippen LogP contribution is 2.13. The molecule has 98 valence electrons. The van der Waals surface area contributed by atoms with Crippen molar-refractivity contribution in [2.75, 3.05) is 6.61 Å². The van der Waals surface area contributed by atoms with Crippen LogP contribution in [0.4, 0.5) is 0 Å². The minimum atomic E-state index is 0.0642. The number of nitrogens with one attached hydrogen (secondary N) is 1. The molecule has 1 N–H and O–H groups in total. The maximum atomic E-state index is 8.46. The van der Waals surface area contributed by atoms with Crippen molar-refractivity contribution in [1.82, 2.24) is 20.1 Å². The van der Waals surface area contributed by atoms with E-state index < -0.39 is 0 Å². The van der Waals surface area contributed by atoms with Crippen LogP contribution in [0.5, 0.6) is 5.75 Å². The van der Waals surface area contributed by atoms with Gasteiger partial charge in [0.15, 0.2) is 12.4 Å². The number of hydrogen-bond donors (Lipinski definition) is 1. The van der Waals surface area contributed by atoms with Crippen molar-refractivity contribution in [2.45, 2.75) is 13.1 Å². The van der Waals surface area contributed by atoms with Gasteiger partial charge in [0, 0.05) is 13.6 Å². The topological polar surface area (TPSA) is 75.8 Å². The first-order valence-electron chi connectivity index (χ1n) is 5.92. The van der Waals surface area contributed by atoms with Crippen LogP contribution in [0.2, 0.25) is 0 Å². The third-order valence-corrected chi connectivity index (χ3v) is 2.46. The number of hydrogen-bond acceptors (Lipinski definition) is 5. The second-order valence-corrected chi connectivity index (χ2v) is 4.03. The van der Waals surface area contributed by atoms with E-state index in [-0.39, 0.29) is 6.61 Å². The van der Waals surface area contributed by atoms with Gasteiger partial charge in [0.25, 0.3) is 0 Å². The van der Waals surface area contributed by atoms with E-state index in [9.17, 15) is 0 Å². The standard InChI is InChI=1S/C13H15N5O/c1-18-10-16-13(17-18)9-15-8-11-3-2-4-12(7-11)19-6-5-14/h2-4,7,10,15H,6,8-9H2,1H3. The largest absolute Gasteiger partial charge is 0.479 e. The summed E-state index contributed by atoms with van der Waals surface area (Å²) < 4.78 is 6.92. The third-order valence-electron chi connectivity index (χ3n) is 2.46. The maximum absolute atomic E-state index is 8.46. The summed E-state index contributed by atoms with van der Waals surface area (Å²) in [6, 6.07) is 9.60. The number of rotatable bonds is 6. The Morgan fingerprint density at radius 3 is 3.05 bits per heavy atom. The minimum Gasteiger partial charge on any atom is -0.479 e. The SMILES string of the molecule is Cn1cnc(CNCc2cccc(OCC#N)c2)n1. The zero-order valence-corrected chi connectivity index (χ0v) is 10.7. The molecular weight excluding hydrogens is 242 g/mol. The Morgan fingerprint density at radius 2 is 2.32 bits per heavy atom. The molecule has 0 aliphatic heterocycles. The number of benzene rings is 1. The average Bonchev–Trinajstić information content (AvgIpc) is 2.83. The highest BCUT2D eigenvalue weighted by molar-refractivity contribution is 5.28. The summed E-state index contributed by atoms with van der Waals surface area (Å²) in [5, 5.41) is 15.9. The number of nitriles is 1. The molecule has 2 rings (SSSR count). The van der Waals surface area contributed by atoms with E-state index in [0.29, 0.717) is 18.8 Å². The summed E-state index contributed by atoms with van der Waals surface area (Å²) in [5.74, 6) is 1.47. The lowest BCUT2D eigenvalue weighted by molar-refractivity contribution is 0.367. The second-order valence-electron chi connectivity index (χ2n) is 4.03. The van der Waals surface area contributed by atoms with E-state index >= 15 is 0 Å². The Balaban J connectivity index is 1.84. The highest BCUT2D eigenvalue weighted by atomic mass is 16.5. The van der Waals surface area contributed by atoms with Crippen LogP contribution in [0.15, 0.2) is 30.6 Å². The molecule has 0 saturated carbocycles. The van der Waals surface area contributed by atoms with Gasteiger partial charge in [-0.25, -0.2) is 4.98 Å². The number of aryl methyl sites for hydroxylation is 1. The first-order valence-corrected chi connectivity index (χ1v) is 5.92. The first kappa shape index (κ1) is 13.1. The van der Waals surface area contributed by atoms with Crippen LogP contribution in [0.3, 0.4) is 0 Å². The molecule has 0 radical (unpaired) electrons. The predicted octanol–water partition coefficient (Wildman–Crippen LogP) is 1.01. The molecule has 19 heavy (non-hydrogen) atoms. The number of aromatic nitrogens is 3. The summed E-state index contributed by atoms with van der Waals surface area (Å²) in [5.41, 5.74) is 1.09. The fraction of sp³-hybridized carbons (Fsp3) is 0.308. The normalized spacial score (nSPS) is 10.1. The monoisotopic (exact) mass is 257 g/mol. The van der Waals surface area contributed by atoms with Gasteiger partial charge in [-0.15, -0.1) is 0 Å². The van der Waals surface area contributed by atoms with E-state index in [2.05, 4.69) is 15.4 Å². The van der Waals surface area contributed by atoms with Gasteiger partial charge in [0.05, 0.1) is 6.54 Å². The molecule has 1 aromatic carbocycles. The lowest BCUT2D eigenvalue weighted by Crippen LogP contribution is -2.14. The Morgan fingerprint density at radius 1 is 1.42 bits per heavy atom. The number of nitrogens with zero attached hydrogens (tertiary/aromatic N) is 4. The van der Waals surface area contributed by atoms with Crippen LogP contribution in [-0.2, 0) is 20.1 Å². The Labute approximate surface area is 111 Å². The minimum absolute atomic E-state index is 0.0642. The zero-order chi connectivity index (χ0) is 13.5. The molecule has 1 aromatic heterocycles. The summed E-state index contributed by atoms with van der Waals surface area (Å²) in [6.45, 7) is 1.38. The molecule has 0 spiro atoms. The van der Waals surface area contributed by atoms with Crippen molar-refractivity contribution in [2.24, 2.45) is 7.05 Å². The van der Waals surface area contributed by atoms with Crippen molar-refractivity contribution < 1.29 is 4.74 Å². The van der Waals surface area contributed by atoms with Crippen molar-refractivity contribution in [3.63, 3.8) is 0 Å². The van der Waals surface area contributed by atoms with Crippen molar-refractivity contribution >= 4 is 0 Å². The van der Waals surface area contributed by atoms with Crippen LogP contribution in [0.1, 0.15) is 11.4 Å². The summed E-state index contributed by atoms with van der Waals surface area (Å²) in [7, 11) is 1.84. The summed E-state index contributed by atoms with van der Waals surface area (Å²) in [6.07, 6.45) is 1.67. The Hall–Kier alpha value is -2.39. The van der Waals surface area contributed by atoms with Gasteiger partial charge in [0.1, 0.15) is 18.1 Å². The van der Waals surface area contributed by atoms with Crippen LogP contribution in [0.25, 0.3) is 0 Å². The van der Waals surface area contributed by atoms with Crippen molar-refractivity contribution in [3.8, 4) is 11.8 Å². The maximum Gasteiger partial charge on any atom is 0.174 e. The molecule has 0 bridgehead atoms. The molecule has 6 heteroatoms. The third kappa shape index (κ3) is 4.08. The quantitative estimate of drug-likeness (QED) is 0.835. The van der Waals surface area contributed by atoms with E-state index in [1.807, 2.05) is 37.4 Å². The van der Waals surface area contributed by atoms with E-state index in [4.69, 9.17) is 10.00 Å². The van der Waals surface area contributed by atoms with E-state index in [1.54, 1.807) is 11.0 Å². The molecule has 6 nitrogen and oxygen atoms in total. The molecule has 0 saturated heterocycles. The van der Waals surface area contributed by atoms with Gasteiger partial charge in [-0.05, 0) is 17.7 Å². The molecular formula is C13H15N5O. The van der Waals surface area contributed by atoms with Gasteiger partial charge < -0.3 is 10.1 Å².